The Balaban J connectivity index is 1.09. The van der Waals surface area contributed by atoms with Gasteiger partial charge in [-0.2, -0.15) is 0 Å². The van der Waals surface area contributed by atoms with Gasteiger partial charge in [0.15, 0.2) is 0 Å². The molecule has 0 amide bonds. The van der Waals surface area contributed by atoms with Crippen molar-refractivity contribution < 1.29 is 0 Å². The van der Waals surface area contributed by atoms with E-state index in [1.807, 2.05) is 0 Å². The molecule has 2 aliphatic heterocycles. The van der Waals surface area contributed by atoms with E-state index in [1.165, 1.54) is 170 Å². The van der Waals surface area contributed by atoms with Gasteiger partial charge >= 0.3 is 0 Å². The Hall–Kier alpha value is -9.38. The maximum absolute atomic E-state index is 2.72. The number of fused-ring (bicyclic) bond motifs is 9. The van der Waals surface area contributed by atoms with Crippen molar-refractivity contribution in [2.75, 3.05) is 9.80 Å². The Morgan fingerprint density at radius 2 is 0.659 bits per heavy atom. The lowest BCUT2D eigenvalue weighted by atomic mass is 9.32. The van der Waals surface area contributed by atoms with Crippen molar-refractivity contribution >= 4 is 144 Å². The fourth-order valence-corrected chi connectivity index (χ4v) is 15.5. The normalized spacial score (nSPS) is 13.8. The van der Waals surface area contributed by atoms with Gasteiger partial charge in [0.2, 0.25) is 0 Å². The molecule has 426 valence electrons. The Bertz CT molecular complexity index is 5090. The topological polar surface area (TPSA) is 11.4 Å². The first kappa shape index (κ1) is 52.9. The van der Waals surface area contributed by atoms with Crippen LogP contribution in [0.3, 0.4) is 0 Å². The number of nitrogens with zero attached hydrogens (tertiary/aromatic N) is 3. The predicted octanol–water partition coefficient (Wildman–Crippen LogP) is 21.5. The molecule has 0 N–H and O–H groups in total. The summed E-state index contributed by atoms with van der Waals surface area (Å²) in [5.41, 5.74) is 21.9. The molecule has 0 aliphatic carbocycles. The SMILES string of the molecule is CC(C)(C)c1cc(N2c3cc(-c4ccc5c6ccccc6n(-c6ccccc6)c5c4)cc4c3B(c3c2cc2ccc5cccc6ccc3c2c56)c2c(cc3ccc5cccc6ccc2c3c56)N4c2cc(C(C)(C)C)cc(C(C)(C)C)c2)cc(C(C)(C)C)c1. The molecule has 3 heterocycles. The lowest BCUT2D eigenvalue weighted by Crippen LogP contribution is -2.61. The molecule has 0 bridgehead atoms. The zero-order valence-corrected chi connectivity index (χ0v) is 52.7. The average Bonchev–Trinajstić information content (AvgIpc) is 0.909. The molecular weight excluding hydrogens is 1060 g/mol. The van der Waals surface area contributed by atoms with Crippen molar-refractivity contribution in [1.82, 2.24) is 4.57 Å². The van der Waals surface area contributed by atoms with Crippen molar-refractivity contribution in [3.05, 3.63) is 241 Å². The minimum atomic E-state index is -0.172. The molecule has 0 saturated carbocycles. The highest BCUT2D eigenvalue weighted by atomic mass is 15.2. The molecule has 1 aromatic heterocycles. The van der Waals surface area contributed by atoms with Crippen molar-refractivity contribution in [2.24, 2.45) is 0 Å². The number of aromatic nitrogens is 1. The molecule has 0 spiro atoms. The van der Waals surface area contributed by atoms with Gasteiger partial charge in [-0.05, 0) is 209 Å². The number of rotatable bonds is 4. The summed E-state index contributed by atoms with van der Waals surface area (Å²) >= 11 is 0. The van der Waals surface area contributed by atoms with Crippen molar-refractivity contribution in [3.63, 3.8) is 0 Å². The van der Waals surface area contributed by atoms with Crippen LogP contribution in [0.1, 0.15) is 105 Å². The van der Waals surface area contributed by atoms with E-state index < -0.39 is 0 Å². The molecular formula is C84H72BN3. The molecule has 14 aromatic carbocycles. The van der Waals surface area contributed by atoms with Gasteiger partial charge in [0, 0.05) is 50.6 Å². The number of hydrogen-bond acceptors (Lipinski definition) is 2. The van der Waals surface area contributed by atoms with Crippen LogP contribution >= 0.6 is 0 Å². The maximum Gasteiger partial charge on any atom is 0.253 e. The average molecular weight is 1130 g/mol. The minimum Gasteiger partial charge on any atom is -0.311 e. The van der Waals surface area contributed by atoms with Crippen molar-refractivity contribution in [1.29, 1.82) is 0 Å². The highest BCUT2D eigenvalue weighted by Crippen LogP contribution is 2.52. The fourth-order valence-electron chi connectivity index (χ4n) is 15.5. The summed E-state index contributed by atoms with van der Waals surface area (Å²) in [7, 11) is 0. The van der Waals surface area contributed by atoms with Crippen molar-refractivity contribution in [3.8, 4) is 16.8 Å². The molecule has 2 aliphatic rings. The summed E-state index contributed by atoms with van der Waals surface area (Å²) in [6.07, 6.45) is 0. The van der Waals surface area contributed by atoms with Crippen LogP contribution in [0.15, 0.2) is 218 Å². The summed E-state index contributed by atoms with van der Waals surface area (Å²) in [6.45, 7) is 28.4. The maximum atomic E-state index is 2.72. The van der Waals surface area contributed by atoms with Gasteiger partial charge in [0.1, 0.15) is 0 Å². The molecule has 15 aromatic rings. The number of benzene rings is 14. The van der Waals surface area contributed by atoms with Gasteiger partial charge in [-0.25, -0.2) is 0 Å². The molecule has 17 rings (SSSR count). The molecule has 4 heteroatoms. The van der Waals surface area contributed by atoms with Gasteiger partial charge in [0.05, 0.1) is 11.0 Å². The quantitative estimate of drug-likeness (QED) is 0.129. The molecule has 0 unspecified atom stereocenters. The van der Waals surface area contributed by atoms with Crippen LogP contribution in [0.4, 0.5) is 34.1 Å². The van der Waals surface area contributed by atoms with E-state index in [0.717, 1.165) is 5.69 Å². The van der Waals surface area contributed by atoms with E-state index in [0.29, 0.717) is 0 Å². The third-order valence-electron chi connectivity index (χ3n) is 20.1. The van der Waals surface area contributed by atoms with E-state index in [9.17, 15) is 0 Å². The first-order valence-corrected chi connectivity index (χ1v) is 31.8. The fraction of sp³-hybridized carbons (Fsp3) is 0.190. The van der Waals surface area contributed by atoms with Crippen LogP contribution in [0.25, 0.3) is 103 Å². The lowest BCUT2D eigenvalue weighted by Gasteiger charge is -2.46. The second-order valence-electron chi connectivity index (χ2n) is 29.8. The van der Waals surface area contributed by atoms with Crippen LogP contribution in [-0.4, -0.2) is 11.3 Å². The smallest absolute Gasteiger partial charge is 0.253 e. The predicted molar refractivity (Wildman–Crippen MR) is 382 cm³/mol. The zero-order valence-electron chi connectivity index (χ0n) is 52.7. The van der Waals surface area contributed by atoms with Gasteiger partial charge < -0.3 is 14.4 Å². The third-order valence-corrected chi connectivity index (χ3v) is 20.1. The summed E-state index contributed by atoms with van der Waals surface area (Å²) < 4.78 is 2.47. The molecule has 88 heavy (non-hydrogen) atoms. The monoisotopic (exact) mass is 1130 g/mol. The highest BCUT2D eigenvalue weighted by molar-refractivity contribution is 7.03. The third kappa shape index (κ3) is 7.70. The lowest BCUT2D eigenvalue weighted by molar-refractivity contribution is 0.568. The Morgan fingerprint density at radius 1 is 0.261 bits per heavy atom. The van der Waals surface area contributed by atoms with Gasteiger partial charge in [-0.3, -0.25) is 0 Å². The standard InChI is InChI=1S/C84H72BN3/c1-81(2,3)57-43-58(82(4,5)6)46-62(45-57)87-70-39-54-30-28-49-20-18-22-51-32-36-66(76(54)74(49)51)78(70)85-79-67-37-33-52-23-19-21-50-29-31-55(77(67)75(50)52)40-71(79)88(63-47-59(83(7,8)9)44-60(48-63)84(10,11)12)73-42-56(41-72(87)80(73)85)53-34-35-65-64-26-16-17-27-68(64)86(69(65)38-53)61-24-14-13-15-25-61/h13-48H,1-12H3. The van der Waals surface area contributed by atoms with E-state index in [1.54, 1.807) is 0 Å². The van der Waals surface area contributed by atoms with Gasteiger partial charge in [-0.1, -0.05) is 229 Å². The van der Waals surface area contributed by atoms with E-state index in [2.05, 4.69) is 316 Å². The van der Waals surface area contributed by atoms with Crippen LogP contribution < -0.4 is 26.2 Å². The van der Waals surface area contributed by atoms with Gasteiger partial charge in [0.25, 0.3) is 6.71 Å². The molecule has 3 nitrogen and oxygen atoms in total. The van der Waals surface area contributed by atoms with Crippen LogP contribution in [-0.2, 0) is 21.7 Å². The largest absolute Gasteiger partial charge is 0.311 e. The molecule has 0 radical (unpaired) electrons. The molecule has 0 atom stereocenters. The summed E-state index contributed by atoms with van der Waals surface area (Å²) in [6, 6.07) is 85.4. The first-order chi connectivity index (χ1) is 42.2. The number of anilines is 6. The summed E-state index contributed by atoms with van der Waals surface area (Å²) in [5.74, 6) is 0. The second kappa shape index (κ2) is 18.1. The molecule has 0 fully saturated rings. The van der Waals surface area contributed by atoms with Crippen LogP contribution in [0, 0.1) is 0 Å². The minimum absolute atomic E-state index is 0.130. The van der Waals surface area contributed by atoms with Gasteiger partial charge in [-0.15, -0.1) is 0 Å². The highest BCUT2D eigenvalue weighted by Gasteiger charge is 2.47. The van der Waals surface area contributed by atoms with Crippen LogP contribution in [0.2, 0.25) is 0 Å². The van der Waals surface area contributed by atoms with E-state index in [-0.39, 0.29) is 28.4 Å². The van der Waals surface area contributed by atoms with E-state index >= 15 is 0 Å². The first-order valence-electron chi connectivity index (χ1n) is 31.8. The summed E-state index contributed by atoms with van der Waals surface area (Å²) in [5, 5.41) is 18.1. The Kier molecular flexibility index (Phi) is 10.9. The second-order valence-corrected chi connectivity index (χ2v) is 29.8. The zero-order chi connectivity index (χ0) is 60.2. The van der Waals surface area contributed by atoms with E-state index in [4.69, 9.17) is 0 Å². The summed E-state index contributed by atoms with van der Waals surface area (Å²) in [4.78, 5) is 5.44. The Labute approximate surface area is 517 Å². The van der Waals surface area contributed by atoms with Crippen molar-refractivity contribution in [2.45, 2.75) is 105 Å². The molecule has 0 saturated heterocycles. The number of hydrogen-bond donors (Lipinski definition) is 0. The number of para-hydroxylation sites is 2. The Morgan fingerprint density at radius 3 is 1.12 bits per heavy atom. The van der Waals surface area contributed by atoms with Crippen LogP contribution in [0.5, 0.6) is 0 Å².